The Balaban J connectivity index is 1.72. The molecule has 0 aliphatic carbocycles. The molecule has 1 aromatic heterocycles. The number of aromatic nitrogens is 2. The van der Waals surface area contributed by atoms with E-state index in [2.05, 4.69) is 46.8 Å². The van der Waals surface area contributed by atoms with Crippen LogP contribution in [0.2, 0.25) is 0 Å². The van der Waals surface area contributed by atoms with Crippen LogP contribution < -0.4 is 0 Å². The van der Waals surface area contributed by atoms with Crippen molar-refractivity contribution in [3.8, 4) is 0 Å². The van der Waals surface area contributed by atoms with Crippen LogP contribution in [0, 0.1) is 0 Å². The third kappa shape index (κ3) is 2.71. The van der Waals surface area contributed by atoms with Gasteiger partial charge in [0, 0.05) is 36.8 Å². The lowest BCUT2D eigenvalue weighted by Crippen LogP contribution is -2.58. The average Bonchev–Trinajstić information content (AvgIpc) is 3.03. The number of hydrogen-bond acceptors (Lipinski definition) is 3. The number of rotatable bonds is 2. The van der Waals surface area contributed by atoms with E-state index < -0.39 is 0 Å². The highest BCUT2D eigenvalue weighted by molar-refractivity contribution is 5.83. The summed E-state index contributed by atoms with van der Waals surface area (Å²) in [5, 5.41) is 7.55. The van der Waals surface area contributed by atoms with Crippen LogP contribution in [0.1, 0.15) is 51.9 Å². The van der Waals surface area contributed by atoms with Gasteiger partial charge in [-0.1, -0.05) is 20.8 Å². The first-order valence-electron chi connectivity index (χ1n) is 7.95. The van der Waals surface area contributed by atoms with E-state index in [9.17, 15) is 4.79 Å². The first-order valence-corrected chi connectivity index (χ1v) is 7.95. The number of hydrogen-bond donors (Lipinski definition) is 1. The molecule has 0 saturated carbocycles. The number of amides is 1. The first-order chi connectivity index (χ1) is 9.86. The molecule has 2 aliphatic rings. The van der Waals surface area contributed by atoms with Crippen LogP contribution in [0.25, 0.3) is 0 Å². The highest BCUT2D eigenvalue weighted by atomic mass is 16.2. The van der Waals surface area contributed by atoms with E-state index in [0.29, 0.717) is 11.9 Å². The molecule has 0 aromatic carbocycles. The summed E-state index contributed by atoms with van der Waals surface area (Å²) in [5.74, 6) is 0.291. The second-order valence-electron chi connectivity index (χ2n) is 7.46. The molecule has 2 aliphatic heterocycles. The summed E-state index contributed by atoms with van der Waals surface area (Å²) in [5.41, 5.74) is 2.24. The number of aromatic amines is 1. The van der Waals surface area contributed by atoms with E-state index in [0.717, 1.165) is 43.9 Å². The molecule has 0 spiro atoms. The van der Waals surface area contributed by atoms with Crippen LogP contribution in [0.5, 0.6) is 0 Å². The predicted molar refractivity (Wildman–Crippen MR) is 81.9 cm³/mol. The standard InChI is InChI=1S/C16H26N4O/c1-11-15(21)20-7-5-6-13(20)10-19(11)9-12-8-14(18-17-12)16(2,3)4/h8,11,13H,5-7,9-10H2,1-4H3,(H,17,18)/t11-,13+/m1/s1. The number of carbonyl (C=O) groups is 1. The molecule has 0 radical (unpaired) electrons. The Morgan fingerprint density at radius 1 is 1.43 bits per heavy atom. The maximum absolute atomic E-state index is 12.4. The molecular formula is C16H26N4O. The Labute approximate surface area is 126 Å². The van der Waals surface area contributed by atoms with Gasteiger partial charge in [-0.15, -0.1) is 0 Å². The van der Waals surface area contributed by atoms with Crippen molar-refractivity contribution in [1.82, 2.24) is 20.0 Å². The first kappa shape index (κ1) is 14.6. The molecule has 2 saturated heterocycles. The number of H-pyrrole nitrogens is 1. The summed E-state index contributed by atoms with van der Waals surface area (Å²) in [6, 6.07) is 2.53. The van der Waals surface area contributed by atoms with Gasteiger partial charge in [0.05, 0.1) is 11.7 Å². The number of carbonyl (C=O) groups excluding carboxylic acids is 1. The fourth-order valence-corrected chi connectivity index (χ4v) is 3.39. The number of nitrogens with zero attached hydrogens (tertiary/aromatic N) is 3. The van der Waals surface area contributed by atoms with Gasteiger partial charge in [-0.05, 0) is 25.8 Å². The zero-order chi connectivity index (χ0) is 15.2. The van der Waals surface area contributed by atoms with Gasteiger partial charge >= 0.3 is 0 Å². The van der Waals surface area contributed by atoms with Gasteiger partial charge in [-0.2, -0.15) is 5.10 Å². The van der Waals surface area contributed by atoms with Crippen molar-refractivity contribution >= 4 is 5.91 Å². The van der Waals surface area contributed by atoms with E-state index in [4.69, 9.17) is 0 Å². The van der Waals surface area contributed by atoms with Crippen LogP contribution in [0.3, 0.4) is 0 Å². The van der Waals surface area contributed by atoms with Gasteiger partial charge in [-0.3, -0.25) is 14.8 Å². The number of fused-ring (bicyclic) bond motifs is 1. The van der Waals surface area contributed by atoms with E-state index >= 15 is 0 Å². The van der Waals surface area contributed by atoms with E-state index in [1.165, 1.54) is 0 Å². The lowest BCUT2D eigenvalue weighted by atomic mass is 9.92. The minimum atomic E-state index is -0.0271. The summed E-state index contributed by atoms with van der Waals surface area (Å²) >= 11 is 0. The molecule has 5 nitrogen and oxygen atoms in total. The molecule has 1 aromatic rings. The summed E-state index contributed by atoms with van der Waals surface area (Å²) in [6.07, 6.45) is 2.29. The van der Waals surface area contributed by atoms with E-state index in [1.54, 1.807) is 0 Å². The fraction of sp³-hybridized carbons (Fsp3) is 0.750. The Bertz CT molecular complexity index is 531. The van der Waals surface area contributed by atoms with Crippen molar-refractivity contribution in [2.45, 2.75) is 64.6 Å². The minimum Gasteiger partial charge on any atom is -0.337 e. The molecule has 1 amide bonds. The molecule has 0 bridgehead atoms. The van der Waals surface area contributed by atoms with Crippen LogP contribution in [0.4, 0.5) is 0 Å². The Morgan fingerprint density at radius 3 is 2.86 bits per heavy atom. The second kappa shape index (κ2) is 5.13. The third-order valence-corrected chi connectivity index (χ3v) is 4.78. The molecule has 21 heavy (non-hydrogen) atoms. The molecule has 3 heterocycles. The summed E-state index contributed by atoms with van der Waals surface area (Å²) in [4.78, 5) is 16.8. The molecule has 1 N–H and O–H groups in total. The molecular weight excluding hydrogens is 264 g/mol. The van der Waals surface area contributed by atoms with Crippen molar-refractivity contribution in [3.05, 3.63) is 17.5 Å². The lowest BCUT2D eigenvalue weighted by Gasteiger charge is -2.41. The van der Waals surface area contributed by atoms with E-state index in [-0.39, 0.29) is 11.5 Å². The average molecular weight is 290 g/mol. The quantitative estimate of drug-likeness (QED) is 0.905. The second-order valence-corrected chi connectivity index (χ2v) is 7.46. The summed E-state index contributed by atoms with van der Waals surface area (Å²) in [7, 11) is 0. The minimum absolute atomic E-state index is 0.0271. The van der Waals surface area contributed by atoms with Gasteiger partial charge in [0.2, 0.25) is 5.91 Å². The maximum atomic E-state index is 12.4. The number of piperazine rings is 1. The van der Waals surface area contributed by atoms with Crippen molar-refractivity contribution in [1.29, 1.82) is 0 Å². The van der Waals surface area contributed by atoms with Crippen molar-refractivity contribution < 1.29 is 4.79 Å². The molecule has 2 atom stereocenters. The Morgan fingerprint density at radius 2 is 2.19 bits per heavy atom. The summed E-state index contributed by atoms with van der Waals surface area (Å²) < 4.78 is 0. The molecule has 5 heteroatoms. The predicted octanol–water partition coefficient (Wildman–Crippen LogP) is 1.90. The Kier molecular flexibility index (Phi) is 3.56. The van der Waals surface area contributed by atoms with Crippen LogP contribution >= 0.6 is 0 Å². The highest BCUT2D eigenvalue weighted by Crippen LogP contribution is 2.27. The normalized spacial score (nSPS) is 27.2. The molecule has 3 rings (SSSR count). The monoisotopic (exact) mass is 290 g/mol. The Hall–Kier alpha value is -1.36. The van der Waals surface area contributed by atoms with E-state index in [1.807, 2.05) is 6.92 Å². The summed E-state index contributed by atoms with van der Waals surface area (Å²) in [6.45, 7) is 11.2. The SMILES string of the molecule is C[C@@H]1C(=O)N2CCC[C@H]2CN1Cc1cc(C(C)(C)C)n[nH]1. The maximum Gasteiger partial charge on any atom is 0.239 e. The topological polar surface area (TPSA) is 52.2 Å². The van der Waals surface area contributed by atoms with Gasteiger partial charge in [0.15, 0.2) is 0 Å². The largest absolute Gasteiger partial charge is 0.337 e. The zero-order valence-electron chi connectivity index (χ0n) is 13.5. The van der Waals surface area contributed by atoms with Gasteiger partial charge < -0.3 is 4.90 Å². The van der Waals surface area contributed by atoms with Gasteiger partial charge in [0.1, 0.15) is 0 Å². The molecule has 0 unspecified atom stereocenters. The van der Waals surface area contributed by atoms with Crippen LogP contribution in [-0.2, 0) is 16.8 Å². The van der Waals surface area contributed by atoms with Crippen LogP contribution in [-0.4, -0.2) is 51.1 Å². The molecule has 116 valence electrons. The van der Waals surface area contributed by atoms with Crippen LogP contribution in [0.15, 0.2) is 6.07 Å². The number of nitrogens with one attached hydrogen (secondary N) is 1. The third-order valence-electron chi connectivity index (χ3n) is 4.78. The van der Waals surface area contributed by atoms with Crippen molar-refractivity contribution in [2.75, 3.05) is 13.1 Å². The fourth-order valence-electron chi connectivity index (χ4n) is 3.39. The molecule has 2 fully saturated rings. The van der Waals surface area contributed by atoms with Crippen molar-refractivity contribution in [3.63, 3.8) is 0 Å². The smallest absolute Gasteiger partial charge is 0.239 e. The van der Waals surface area contributed by atoms with Gasteiger partial charge in [-0.25, -0.2) is 0 Å². The lowest BCUT2D eigenvalue weighted by molar-refractivity contribution is -0.143. The van der Waals surface area contributed by atoms with Crippen molar-refractivity contribution in [2.24, 2.45) is 0 Å². The van der Waals surface area contributed by atoms with Gasteiger partial charge in [0.25, 0.3) is 0 Å². The zero-order valence-corrected chi connectivity index (χ0v) is 13.5. The highest BCUT2D eigenvalue weighted by Gasteiger charge is 2.40.